The summed E-state index contributed by atoms with van der Waals surface area (Å²) >= 11 is 3.26. The van der Waals surface area contributed by atoms with E-state index in [1.165, 1.54) is 12.1 Å². The van der Waals surface area contributed by atoms with Gasteiger partial charge < -0.3 is 15.4 Å². The molecule has 1 aromatic carbocycles. The number of ether oxygens (including phenoxy) is 1. The summed E-state index contributed by atoms with van der Waals surface area (Å²) in [6, 6.07) is 4.38. The zero-order valence-electron chi connectivity index (χ0n) is 9.71. The number of hydrogen-bond donors (Lipinski definition) is 2. The van der Waals surface area contributed by atoms with Gasteiger partial charge in [-0.1, -0.05) is 22.0 Å². The molecule has 2 rings (SSSR count). The molecule has 0 aliphatic carbocycles. The first-order valence-corrected chi connectivity index (χ1v) is 6.50. The lowest BCUT2D eigenvalue weighted by Gasteiger charge is -2.22. The van der Waals surface area contributed by atoms with Crippen LogP contribution >= 0.6 is 15.9 Å². The van der Waals surface area contributed by atoms with Crippen LogP contribution in [0.3, 0.4) is 0 Å². The standard InChI is InChI=1S/C12H14BrFN2O2/c13-10-5-9(14)2-1-8(10)6-16-12(17)11-7-15-3-4-18-11/h1-2,5,11,15H,3-4,6-7H2,(H,16,17). The highest BCUT2D eigenvalue weighted by atomic mass is 79.9. The lowest BCUT2D eigenvalue weighted by Crippen LogP contribution is -2.47. The number of benzene rings is 1. The van der Waals surface area contributed by atoms with Gasteiger partial charge in [0, 0.05) is 24.1 Å². The number of hydrogen-bond acceptors (Lipinski definition) is 3. The van der Waals surface area contributed by atoms with Gasteiger partial charge in [-0.15, -0.1) is 0 Å². The Morgan fingerprint density at radius 1 is 1.61 bits per heavy atom. The molecule has 1 aliphatic rings. The van der Waals surface area contributed by atoms with E-state index in [2.05, 4.69) is 26.6 Å². The van der Waals surface area contributed by atoms with Crippen molar-refractivity contribution in [3.63, 3.8) is 0 Å². The third kappa shape index (κ3) is 3.51. The summed E-state index contributed by atoms with van der Waals surface area (Å²) in [5, 5.41) is 5.86. The van der Waals surface area contributed by atoms with Crippen molar-refractivity contribution in [3.05, 3.63) is 34.1 Å². The van der Waals surface area contributed by atoms with Crippen LogP contribution in [-0.4, -0.2) is 31.7 Å². The van der Waals surface area contributed by atoms with Crippen LogP contribution in [0.4, 0.5) is 4.39 Å². The number of morpholine rings is 1. The maximum Gasteiger partial charge on any atom is 0.250 e. The molecule has 1 aromatic rings. The predicted octanol–water partition coefficient (Wildman–Crippen LogP) is 1.19. The van der Waals surface area contributed by atoms with E-state index in [9.17, 15) is 9.18 Å². The van der Waals surface area contributed by atoms with Crippen LogP contribution in [-0.2, 0) is 16.1 Å². The van der Waals surface area contributed by atoms with Crippen molar-refractivity contribution in [1.29, 1.82) is 0 Å². The summed E-state index contributed by atoms with van der Waals surface area (Å²) in [5.74, 6) is -0.463. The fourth-order valence-electron chi connectivity index (χ4n) is 1.70. The molecule has 1 unspecified atom stereocenters. The molecule has 1 heterocycles. The van der Waals surface area contributed by atoms with Crippen LogP contribution in [0.5, 0.6) is 0 Å². The number of amides is 1. The summed E-state index contributed by atoms with van der Waals surface area (Å²) in [6.45, 7) is 2.18. The molecule has 1 saturated heterocycles. The molecule has 18 heavy (non-hydrogen) atoms. The molecule has 1 atom stereocenters. The van der Waals surface area contributed by atoms with Gasteiger partial charge in [0.1, 0.15) is 11.9 Å². The maximum atomic E-state index is 12.9. The quantitative estimate of drug-likeness (QED) is 0.881. The van der Waals surface area contributed by atoms with Crippen molar-refractivity contribution >= 4 is 21.8 Å². The van der Waals surface area contributed by atoms with Crippen molar-refractivity contribution in [2.45, 2.75) is 12.6 Å². The van der Waals surface area contributed by atoms with Crippen molar-refractivity contribution in [2.75, 3.05) is 19.7 Å². The highest BCUT2D eigenvalue weighted by Gasteiger charge is 2.21. The Kier molecular flexibility index (Phi) is 4.68. The molecule has 0 radical (unpaired) electrons. The summed E-state index contributed by atoms with van der Waals surface area (Å²) in [6.07, 6.45) is -0.446. The number of carbonyl (C=O) groups excluding carboxylic acids is 1. The van der Waals surface area contributed by atoms with E-state index in [1.54, 1.807) is 6.07 Å². The summed E-state index contributed by atoms with van der Waals surface area (Å²) in [4.78, 5) is 11.8. The van der Waals surface area contributed by atoms with E-state index in [0.717, 1.165) is 12.1 Å². The number of nitrogens with one attached hydrogen (secondary N) is 2. The summed E-state index contributed by atoms with van der Waals surface area (Å²) in [7, 11) is 0. The van der Waals surface area contributed by atoms with Crippen LogP contribution in [0.1, 0.15) is 5.56 Å². The number of carbonyl (C=O) groups is 1. The van der Waals surface area contributed by atoms with Crippen molar-refractivity contribution in [1.82, 2.24) is 10.6 Å². The molecular formula is C12H14BrFN2O2. The first-order chi connectivity index (χ1) is 8.66. The van der Waals surface area contributed by atoms with Gasteiger partial charge in [-0.25, -0.2) is 4.39 Å². The minimum Gasteiger partial charge on any atom is -0.366 e. The van der Waals surface area contributed by atoms with E-state index in [1.807, 2.05) is 0 Å². The average molecular weight is 317 g/mol. The van der Waals surface area contributed by atoms with E-state index >= 15 is 0 Å². The van der Waals surface area contributed by atoms with E-state index in [-0.39, 0.29) is 11.7 Å². The lowest BCUT2D eigenvalue weighted by molar-refractivity contribution is -0.134. The van der Waals surface area contributed by atoms with Crippen LogP contribution in [0, 0.1) is 5.82 Å². The second kappa shape index (κ2) is 6.26. The van der Waals surface area contributed by atoms with E-state index in [0.29, 0.717) is 24.2 Å². The minimum atomic E-state index is -0.446. The van der Waals surface area contributed by atoms with Gasteiger partial charge in [-0.2, -0.15) is 0 Å². The molecule has 0 saturated carbocycles. The number of rotatable bonds is 3. The fraction of sp³-hybridized carbons (Fsp3) is 0.417. The minimum absolute atomic E-state index is 0.154. The molecule has 0 aromatic heterocycles. The van der Waals surface area contributed by atoms with Gasteiger partial charge in [0.2, 0.25) is 0 Å². The normalized spacial score (nSPS) is 19.6. The Labute approximate surface area is 113 Å². The summed E-state index contributed by atoms with van der Waals surface area (Å²) < 4.78 is 18.9. The Hall–Kier alpha value is -0.980. The van der Waals surface area contributed by atoms with Crippen LogP contribution in [0.2, 0.25) is 0 Å². The van der Waals surface area contributed by atoms with Crippen LogP contribution in [0.15, 0.2) is 22.7 Å². The molecule has 1 amide bonds. The molecule has 4 nitrogen and oxygen atoms in total. The van der Waals surface area contributed by atoms with Gasteiger partial charge >= 0.3 is 0 Å². The Bertz CT molecular complexity index is 436. The first-order valence-electron chi connectivity index (χ1n) is 5.71. The van der Waals surface area contributed by atoms with Crippen molar-refractivity contribution in [3.8, 4) is 0 Å². The molecule has 1 fully saturated rings. The fourth-order valence-corrected chi connectivity index (χ4v) is 2.19. The van der Waals surface area contributed by atoms with Crippen LogP contribution < -0.4 is 10.6 Å². The smallest absolute Gasteiger partial charge is 0.250 e. The molecule has 0 bridgehead atoms. The van der Waals surface area contributed by atoms with Crippen LogP contribution in [0.25, 0.3) is 0 Å². The van der Waals surface area contributed by atoms with Crippen molar-refractivity contribution < 1.29 is 13.9 Å². The highest BCUT2D eigenvalue weighted by Crippen LogP contribution is 2.17. The molecule has 1 aliphatic heterocycles. The summed E-state index contributed by atoms with van der Waals surface area (Å²) in [5.41, 5.74) is 0.827. The van der Waals surface area contributed by atoms with Gasteiger partial charge in [0.15, 0.2) is 0 Å². The second-order valence-electron chi connectivity index (χ2n) is 4.02. The third-order valence-electron chi connectivity index (χ3n) is 2.69. The molecule has 6 heteroatoms. The Morgan fingerprint density at radius 3 is 3.11 bits per heavy atom. The predicted molar refractivity (Wildman–Crippen MR) is 68.6 cm³/mol. The Morgan fingerprint density at radius 2 is 2.44 bits per heavy atom. The topological polar surface area (TPSA) is 50.4 Å². The lowest BCUT2D eigenvalue weighted by atomic mass is 10.2. The first kappa shape index (κ1) is 13.5. The Balaban J connectivity index is 1.88. The molecule has 2 N–H and O–H groups in total. The highest BCUT2D eigenvalue weighted by molar-refractivity contribution is 9.10. The molecular weight excluding hydrogens is 303 g/mol. The zero-order valence-corrected chi connectivity index (χ0v) is 11.3. The van der Waals surface area contributed by atoms with Gasteiger partial charge in [-0.3, -0.25) is 4.79 Å². The van der Waals surface area contributed by atoms with Gasteiger partial charge in [0.25, 0.3) is 5.91 Å². The third-order valence-corrected chi connectivity index (χ3v) is 3.43. The average Bonchev–Trinajstić information content (AvgIpc) is 2.38. The van der Waals surface area contributed by atoms with Gasteiger partial charge in [0.05, 0.1) is 6.61 Å². The number of halogens is 2. The second-order valence-corrected chi connectivity index (χ2v) is 4.87. The monoisotopic (exact) mass is 316 g/mol. The van der Waals surface area contributed by atoms with E-state index < -0.39 is 6.10 Å². The zero-order chi connectivity index (χ0) is 13.0. The molecule has 0 spiro atoms. The van der Waals surface area contributed by atoms with Gasteiger partial charge in [-0.05, 0) is 17.7 Å². The van der Waals surface area contributed by atoms with Crippen molar-refractivity contribution in [2.24, 2.45) is 0 Å². The maximum absolute atomic E-state index is 12.9. The SMILES string of the molecule is O=C(NCc1ccc(F)cc1Br)C1CNCCO1. The molecule has 98 valence electrons. The largest absolute Gasteiger partial charge is 0.366 e. The van der Waals surface area contributed by atoms with E-state index in [4.69, 9.17) is 4.74 Å².